The van der Waals surface area contributed by atoms with Crippen molar-refractivity contribution in [1.29, 1.82) is 0 Å². The zero-order chi connectivity index (χ0) is 29.5. The predicted octanol–water partition coefficient (Wildman–Crippen LogP) is -2.33. The Bertz CT molecular complexity index is 1020. The number of benzene rings is 1. The van der Waals surface area contributed by atoms with Crippen LogP contribution in [-0.4, -0.2) is 81.6 Å². The van der Waals surface area contributed by atoms with Crippen LogP contribution >= 0.6 is 0 Å². The minimum absolute atomic E-state index is 0.0417. The molecule has 39 heavy (non-hydrogen) atoms. The van der Waals surface area contributed by atoms with Gasteiger partial charge in [-0.15, -0.1) is 0 Å². The zero-order valence-electron chi connectivity index (χ0n) is 21.3. The molecule has 4 atom stereocenters. The van der Waals surface area contributed by atoms with Crippen LogP contribution in [0.15, 0.2) is 24.3 Å². The Balaban J connectivity index is 3.01. The lowest BCUT2D eigenvalue weighted by Crippen LogP contribution is -2.58. The molecule has 0 aromatic heterocycles. The molecule has 4 amide bonds. The first kappa shape index (κ1) is 32.8. The van der Waals surface area contributed by atoms with E-state index in [9.17, 15) is 39.0 Å². The highest BCUT2D eigenvalue weighted by Gasteiger charge is 2.31. The van der Waals surface area contributed by atoms with Crippen molar-refractivity contribution in [3.05, 3.63) is 29.8 Å². The summed E-state index contributed by atoms with van der Waals surface area (Å²) in [6.07, 6.45) is -0.322. The molecule has 0 bridgehead atoms. The van der Waals surface area contributed by atoms with Crippen LogP contribution in [0.4, 0.5) is 0 Å². The van der Waals surface area contributed by atoms with Crippen LogP contribution in [0.5, 0.6) is 5.75 Å². The van der Waals surface area contributed by atoms with Gasteiger partial charge < -0.3 is 48.5 Å². The summed E-state index contributed by atoms with van der Waals surface area (Å²) in [6, 6.07) is 0.0568. The fourth-order valence-corrected chi connectivity index (χ4v) is 3.48. The average Bonchev–Trinajstić information content (AvgIpc) is 2.86. The SMILES string of the molecule is NCCCCC(N)C(=O)NC(CCC(=O)O)C(=O)NC(CC(N)=O)C(=O)NC(Cc1ccc(O)cc1)C(=O)O. The second-order valence-corrected chi connectivity index (χ2v) is 8.89. The van der Waals surface area contributed by atoms with Gasteiger partial charge in [0.15, 0.2) is 0 Å². The summed E-state index contributed by atoms with van der Waals surface area (Å²) in [5.74, 6) is -6.46. The maximum absolute atomic E-state index is 13.0. The molecule has 1 rings (SSSR count). The summed E-state index contributed by atoms with van der Waals surface area (Å²) in [7, 11) is 0. The van der Waals surface area contributed by atoms with Gasteiger partial charge in [0.05, 0.1) is 12.5 Å². The monoisotopic (exact) mass is 552 g/mol. The lowest BCUT2D eigenvalue weighted by molar-refractivity contribution is -0.142. The van der Waals surface area contributed by atoms with Gasteiger partial charge in [-0.25, -0.2) is 4.79 Å². The molecule has 0 aliphatic carbocycles. The van der Waals surface area contributed by atoms with Crippen molar-refractivity contribution in [2.45, 2.75) is 69.1 Å². The third-order valence-electron chi connectivity index (χ3n) is 5.61. The number of carbonyl (C=O) groups excluding carboxylic acids is 4. The van der Waals surface area contributed by atoms with Gasteiger partial charge in [-0.1, -0.05) is 18.6 Å². The Labute approximate surface area is 224 Å². The molecule has 15 heteroatoms. The Morgan fingerprint density at radius 2 is 1.36 bits per heavy atom. The molecular formula is C24H36N6O9. The third kappa shape index (κ3) is 12.7. The summed E-state index contributed by atoms with van der Waals surface area (Å²) in [5.41, 5.74) is 16.9. The van der Waals surface area contributed by atoms with E-state index in [1.165, 1.54) is 24.3 Å². The van der Waals surface area contributed by atoms with E-state index in [1.54, 1.807) is 0 Å². The lowest BCUT2D eigenvalue weighted by atomic mass is 10.0. The first-order valence-electron chi connectivity index (χ1n) is 12.2. The number of carboxylic acid groups (broad SMARTS) is 2. The number of carbonyl (C=O) groups is 6. The van der Waals surface area contributed by atoms with Gasteiger partial charge in [0, 0.05) is 12.8 Å². The number of hydrogen-bond donors (Lipinski definition) is 9. The van der Waals surface area contributed by atoms with Gasteiger partial charge in [0.2, 0.25) is 23.6 Å². The molecule has 4 unspecified atom stereocenters. The van der Waals surface area contributed by atoms with Gasteiger partial charge in [-0.3, -0.25) is 24.0 Å². The van der Waals surface area contributed by atoms with Crippen LogP contribution < -0.4 is 33.2 Å². The number of phenolic OH excluding ortho intramolecular Hbond substituents is 1. The molecule has 1 aromatic carbocycles. The van der Waals surface area contributed by atoms with Crippen LogP contribution in [0.3, 0.4) is 0 Å². The van der Waals surface area contributed by atoms with Gasteiger partial charge in [0.1, 0.15) is 23.9 Å². The summed E-state index contributed by atoms with van der Waals surface area (Å²) in [5, 5.41) is 34.8. The number of aliphatic carboxylic acids is 2. The highest BCUT2D eigenvalue weighted by atomic mass is 16.4. The van der Waals surface area contributed by atoms with Crippen LogP contribution in [0, 0.1) is 0 Å². The maximum atomic E-state index is 13.0. The van der Waals surface area contributed by atoms with Gasteiger partial charge in [-0.05, 0) is 43.5 Å². The molecule has 0 saturated heterocycles. The van der Waals surface area contributed by atoms with E-state index in [1.807, 2.05) is 0 Å². The number of rotatable bonds is 18. The van der Waals surface area contributed by atoms with E-state index in [4.69, 9.17) is 22.3 Å². The molecule has 0 spiro atoms. The number of carboxylic acids is 2. The Hall–Kier alpha value is -4.24. The molecule has 12 N–H and O–H groups in total. The number of primary amides is 1. The molecule has 0 aliphatic rings. The first-order valence-corrected chi connectivity index (χ1v) is 12.2. The topological polar surface area (TPSA) is 277 Å². The highest BCUT2D eigenvalue weighted by molar-refractivity contribution is 5.96. The quantitative estimate of drug-likeness (QED) is 0.0871. The smallest absolute Gasteiger partial charge is 0.326 e. The number of unbranched alkanes of at least 4 members (excludes halogenated alkanes) is 1. The molecule has 15 nitrogen and oxygen atoms in total. The number of hydrogen-bond acceptors (Lipinski definition) is 9. The minimum atomic E-state index is -1.63. The van der Waals surface area contributed by atoms with Crippen LogP contribution in [0.1, 0.15) is 44.1 Å². The lowest BCUT2D eigenvalue weighted by Gasteiger charge is -2.24. The predicted molar refractivity (Wildman–Crippen MR) is 137 cm³/mol. The fourth-order valence-electron chi connectivity index (χ4n) is 3.48. The molecule has 0 radical (unpaired) electrons. The standard InChI is InChI=1S/C24H36N6O9/c25-10-2-1-3-15(26)21(35)28-16(8-9-20(33)34)22(36)29-17(12-19(27)32)23(37)30-18(24(38)39)11-13-4-6-14(31)7-5-13/h4-7,15-18,31H,1-3,8-12,25-26H2,(H2,27,32)(H,28,35)(H,29,36)(H,30,37)(H,33,34)(H,38,39). The van der Waals surface area contributed by atoms with Crippen LogP contribution in [0.2, 0.25) is 0 Å². The normalized spacial score (nSPS) is 13.8. The van der Waals surface area contributed by atoms with Crippen molar-refractivity contribution >= 4 is 35.6 Å². The van der Waals surface area contributed by atoms with E-state index in [0.717, 1.165) is 0 Å². The molecule has 0 aliphatic heterocycles. The number of amides is 4. The van der Waals surface area contributed by atoms with Crippen molar-refractivity contribution in [3.8, 4) is 5.75 Å². The van der Waals surface area contributed by atoms with E-state index in [0.29, 0.717) is 24.9 Å². The van der Waals surface area contributed by atoms with E-state index in [-0.39, 0.29) is 25.0 Å². The number of aromatic hydroxyl groups is 1. The zero-order valence-corrected chi connectivity index (χ0v) is 21.3. The fraction of sp³-hybridized carbons (Fsp3) is 0.500. The van der Waals surface area contributed by atoms with E-state index < -0.39 is 72.6 Å². The Morgan fingerprint density at radius 3 is 1.90 bits per heavy atom. The molecule has 0 heterocycles. The number of phenols is 1. The summed E-state index contributed by atoms with van der Waals surface area (Å²) < 4.78 is 0. The molecule has 216 valence electrons. The van der Waals surface area contributed by atoms with Crippen LogP contribution in [0.25, 0.3) is 0 Å². The maximum Gasteiger partial charge on any atom is 0.326 e. The van der Waals surface area contributed by atoms with Crippen molar-refractivity contribution in [1.82, 2.24) is 16.0 Å². The van der Waals surface area contributed by atoms with Crippen molar-refractivity contribution in [2.75, 3.05) is 6.54 Å². The molecular weight excluding hydrogens is 516 g/mol. The molecule has 0 fully saturated rings. The largest absolute Gasteiger partial charge is 0.508 e. The first-order chi connectivity index (χ1) is 18.3. The Morgan fingerprint density at radius 1 is 0.795 bits per heavy atom. The number of nitrogens with two attached hydrogens (primary N) is 3. The molecule has 0 saturated carbocycles. The number of nitrogens with one attached hydrogen (secondary N) is 3. The summed E-state index contributed by atoms with van der Waals surface area (Å²) >= 11 is 0. The van der Waals surface area contributed by atoms with Gasteiger partial charge >= 0.3 is 11.9 Å². The van der Waals surface area contributed by atoms with Crippen molar-refractivity contribution in [3.63, 3.8) is 0 Å². The third-order valence-corrected chi connectivity index (χ3v) is 5.61. The van der Waals surface area contributed by atoms with Crippen LogP contribution in [-0.2, 0) is 35.2 Å². The highest BCUT2D eigenvalue weighted by Crippen LogP contribution is 2.12. The van der Waals surface area contributed by atoms with Crippen molar-refractivity contribution in [2.24, 2.45) is 17.2 Å². The van der Waals surface area contributed by atoms with Gasteiger partial charge in [-0.2, -0.15) is 0 Å². The Kier molecular flexibility index (Phi) is 13.9. The van der Waals surface area contributed by atoms with E-state index in [2.05, 4.69) is 16.0 Å². The average molecular weight is 553 g/mol. The van der Waals surface area contributed by atoms with Gasteiger partial charge in [0.25, 0.3) is 0 Å². The second kappa shape index (κ2) is 16.6. The second-order valence-electron chi connectivity index (χ2n) is 8.89. The molecule has 1 aromatic rings. The summed E-state index contributed by atoms with van der Waals surface area (Å²) in [6.45, 7) is 0.402. The minimum Gasteiger partial charge on any atom is -0.508 e. The van der Waals surface area contributed by atoms with E-state index >= 15 is 0 Å². The summed E-state index contributed by atoms with van der Waals surface area (Å²) in [4.78, 5) is 72.7. The van der Waals surface area contributed by atoms with Crippen molar-refractivity contribution < 1.29 is 44.1 Å².